The third kappa shape index (κ3) is 2.17. The molecule has 1 aliphatic rings. The van der Waals surface area contributed by atoms with Gasteiger partial charge in [-0.3, -0.25) is 4.79 Å². The van der Waals surface area contributed by atoms with Gasteiger partial charge in [0.1, 0.15) is 4.83 Å². The van der Waals surface area contributed by atoms with Crippen LogP contribution in [0.15, 0.2) is 29.1 Å². The molecule has 1 aromatic carbocycles. The number of aromatic nitrogens is 2. The molecule has 0 radical (unpaired) electrons. The second-order valence-corrected chi connectivity index (χ2v) is 7.18. The van der Waals surface area contributed by atoms with Crippen LogP contribution in [0, 0.1) is 6.92 Å². The summed E-state index contributed by atoms with van der Waals surface area (Å²) in [6.07, 6.45) is 0.881. The van der Waals surface area contributed by atoms with Gasteiger partial charge >= 0.3 is 0 Å². The number of nitrogens with two attached hydrogens (primary N) is 1. The van der Waals surface area contributed by atoms with Crippen LogP contribution >= 0.6 is 11.3 Å². The summed E-state index contributed by atoms with van der Waals surface area (Å²) in [4.78, 5) is 21.9. The zero-order chi connectivity index (χ0) is 16.1. The van der Waals surface area contributed by atoms with E-state index in [9.17, 15) is 4.79 Å². The van der Waals surface area contributed by atoms with Crippen molar-refractivity contribution >= 4 is 21.6 Å². The number of fused-ring (bicyclic) bond motifs is 3. The molecule has 3 heterocycles. The molecule has 23 heavy (non-hydrogen) atoms. The molecule has 0 fully saturated rings. The molecule has 2 N–H and O–H groups in total. The minimum atomic E-state index is -0.143. The number of hydrogen-bond acceptors (Lipinski definition) is 5. The molecule has 1 aliphatic heterocycles. The average molecular weight is 326 g/mol. The van der Waals surface area contributed by atoms with Gasteiger partial charge in [-0.25, -0.2) is 9.66 Å². The van der Waals surface area contributed by atoms with Crippen LogP contribution in [0.4, 0.5) is 0 Å². The predicted molar refractivity (Wildman–Crippen MR) is 94.2 cm³/mol. The van der Waals surface area contributed by atoms with E-state index < -0.39 is 0 Å². The zero-order valence-electron chi connectivity index (χ0n) is 13.2. The van der Waals surface area contributed by atoms with E-state index in [0.29, 0.717) is 11.2 Å². The lowest BCUT2D eigenvalue weighted by atomic mass is 10.1. The molecule has 5 nitrogen and oxygen atoms in total. The number of hydrogen-bond donors (Lipinski definition) is 1. The van der Waals surface area contributed by atoms with Gasteiger partial charge < -0.3 is 10.7 Å². The monoisotopic (exact) mass is 326 g/mol. The number of rotatable bonds is 1. The van der Waals surface area contributed by atoms with Gasteiger partial charge in [0.2, 0.25) is 0 Å². The van der Waals surface area contributed by atoms with Crippen molar-refractivity contribution in [2.45, 2.75) is 19.9 Å². The Morgan fingerprint density at radius 3 is 2.87 bits per heavy atom. The van der Waals surface area contributed by atoms with Gasteiger partial charge in [-0.2, -0.15) is 0 Å². The van der Waals surface area contributed by atoms with E-state index in [4.69, 9.17) is 10.8 Å². The van der Waals surface area contributed by atoms with Crippen LogP contribution in [0.25, 0.3) is 21.6 Å². The van der Waals surface area contributed by atoms with Crippen molar-refractivity contribution in [1.29, 1.82) is 0 Å². The van der Waals surface area contributed by atoms with E-state index in [0.717, 1.165) is 41.0 Å². The predicted octanol–water partition coefficient (Wildman–Crippen LogP) is 2.14. The molecule has 2 aromatic heterocycles. The van der Waals surface area contributed by atoms with Crippen molar-refractivity contribution in [3.05, 3.63) is 50.6 Å². The van der Waals surface area contributed by atoms with Gasteiger partial charge in [0.05, 0.1) is 5.39 Å². The van der Waals surface area contributed by atoms with Crippen LogP contribution in [0.2, 0.25) is 0 Å². The van der Waals surface area contributed by atoms with Crippen LogP contribution in [-0.4, -0.2) is 28.2 Å². The topological polar surface area (TPSA) is 64.1 Å². The van der Waals surface area contributed by atoms with Gasteiger partial charge in [0.25, 0.3) is 5.56 Å². The largest absolute Gasteiger partial charge is 0.334 e. The Hall–Kier alpha value is -2.18. The average Bonchev–Trinajstić information content (AvgIpc) is 2.89. The van der Waals surface area contributed by atoms with Crippen molar-refractivity contribution in [3.63, 3.8) is 0 Å². The number of thiophene rings is 1. The molecule has 4 rings (SSSR count). The van der Waals surface area contributed by atoms with Crippen molar-refractivity contribution < 1.29 is 0 Å². The van der Waals surface area contributed by atoms with Crippen molar-refractivity contribution in [3.8, 4) is 11.4 Å². The molecule has 0 saturated heterocycles. The Morgan fingerprint density at radius 2 is 2.09 bits per heavy atom. The molecule has 0 atom stereocenters. The highest BCUT2D eigenvalue weighted by Crippen LogP contribution is 2.33. The van der Waals surface area contributed by atoms with E-state index in [1.807, 2.05) is 31.2 Å². The first kappa shape index (κ1) is 14.4. The second kappa shape index (κ2) is 5.18. The van der Waals surface area contributed by atoms with Gasteiger partial charge in [-0.15, -0.1) is 11.3 Å². The summed E-state index contributed by atoms with van der Waals surface area (Å²) in [5.41, 5.74) is 2.95. The molecule has 3 aromatic rings. The van der Waals surface area contributed by atoms with Crippen LogP contribution in [-0.2, 0) is 13.0 Å². The summed E-state index contributed by atoms with van der Waals surface area (Å²) >= 11 is 1.62. The van der Waals surface area contributed by atoms with E-state index in [1.54, 1.807) is 11.3 Å². The Bertz CT molecular complexity index is 973. The lowest BCUT2D eigenvalue weighted by Crippen LogP contribution is -2.31. The second-order valence-electron chi connectivity index (χ2n) is 6.10. The van der Waals surface area contributed by atoms with Gasteiger partial charge in [-0.1, -0.05) is 24.3 Å². The van der Waals surface area contributed by atoms with Crippen molar-refractivity contribution in [2.24, 2.45) is 0 Å². The van der Waals surface area contributed by atoms with Gasteiger partial charge in [0.15, 0.2) is 5.82 Å². The van der Waals surface area contributed by atoms with Gasteiger partial charge in [-0.05, 0) is 31.5 Å². The third-order valence-corrected chi connectivity index (χ3v) is 5.59. The molecule has 0 unspecified atom stereocenters. The number of nitrogen functional groups attached to an aromatic ring is 1. The summed E-state index contributed by atoms with van der Waals surface area (Å²) < 4.78 is 1.20. The Labute approximate surface area is 138 Å². The van der Waals surface area contributed by atoms with Crippen molar-refractivity contribution in [2.75, 3.05) is 19.4 Å². The highest BCUT2D eigenvalue weighted by Gasteiger charge is 2.23. The maximum absolute atomic E-state index is 12.8. The molecule has 118 valence electrons. The lowest BCUT2D eigenvalue weighted by molar-refractivity contribution is 0.318. The quantitative estimate of drug-likeness (QED) is 0.696. The fraction of sp³-hybridized carbons (Fsp3) is 0.294. The molecular formula is C17H18N4OS. The first-order valence-electron chi connectivity index (χ1n) is 7.63. The van der Waals surface area contributed by atoms with Crippen molar-refractivity contribution in [1.82, 2.24) is 14.6 Å². The van der Waals surface area contributed by atoms with Crippen LogP contribution < -0.4 is 11.4 Å². The summed E-state index contributed by atoms with van der Waals surface area (Å²) in [7, 11) is 2.10. The summed E-state index contributed by atoms with van der Waals surface area (Å²) in [5.74, 6) is 6.64. The Morgan fingerprint density at radius 1 is 1.30 bits per heavy atom. The van der Waals surface area contributed by atoms with Crippen LogP contribution in [0.1, 0.15) is 16.0 Å². The number of benzene rings is 1. The summed E-state index contributed by atoms with van der Waals surface area (Å²) in [6.45, 7) is 3.84. The van der Waals surface area contributed by atoms with Gasteiger partial charge in [0, 0.05) is 23.5 Å². The third-order valence-electron chi connectivity index (χ3n) is 4.48. The zero-order valence-corrected chi connectivity index (χ0v) is 14.0. The van der Waals surface area contributed by atoms with E-state index in [2.05, 4.69) is 11.9 Å². The van der Waals surface area contributed by atoms with Crippen LogP contribution in [0.3, 0.4) is 0 Å². The lowest BCUT2D eigenvalue weighted by Gasteiger charge is -2.21. The Balaban J connectivity index is 2.01. The fourth-order valence-corrected chi connectivity index (χ4v) is 4.49. The first-order valence-corrected chi connectivity index (χ1v) is 8.45. The molecule has 0 bridgehead atoms. The normalized spacial score (nSPS) is 15.0. The number of likely N-dealkylation sites (N-methyl/N-ethyl adjacent to an activating group) is 1. The molecule has 0 aliphatic carbocycles. The standard InChI is InChI=1S/C17H18N4OS/c1-10-5-3-4-6-11(10)15-19-16-14(17(22)21(15)18)12-7-8-20(2)9-13(12)23-16/h3-6H,7-9,18H2,1-2H3. The van der Waals surface area contributed by atoms with E-state index >= 15 is 0 Å². The van der Waals surface area contributed by atoms with E-state index in [1.165, 1.54) is 9.55 Å². The minimum absolute atomic E-state index is 0.143. The highest BCUT2D eigenvalue weighted by atomic mass is 32.1. The number of aryl methyl sites for hydroxylation is 1. The SMILES string of the molecule is Cc1ccccc1-c1nc2sc3c(c2c(=O)n1N)CCN(C)C3. The fourth-order valence-electron chi connectivity index (χ4n) is 3.20. The molecule has 0 saturated carbocycles. The van der Waals surface area contributed by atoms with Crippen LogP contribution in [0.5, 0.6) is 0 Å². The number of nitrogens with zero attached hydrogens (tertiary/aromatic N) is 3. The van der Waals surface area contributed by atoms with E-state index in [-0.39, 0.29) is 5.56 Å². The summed E-state index contributed by atoms with van der Waals surface area (Å²) in [6, 6.07) is 7.86. The summed E-state index contributed by atoms with van der Waals surface area (Å²) in [5, 5.41) is 0.706. The highest BCUT2D eigenvalue weighted by molar-refractivity contribution is 7.18. The maximum atomic E-state index is 12.8. The minimum Gasteiger partial charge on any atom is -0.334 e. The first-order chi connectivity index (χ1) is 11.1. The molecular weight excluding hydrogens is 308 g/mol. The molecule has 0 amide bonds. The smallest absolute Gasteiger partial charge is 0.281 e. The molecule has 0 spiro atoms. The molecule has 6 heteroatoms. The Kier molecular flexibility index (Phi) is 3.25. The maximum Gasteiger partial charge on any atom is 0.281 e.